The third-order valence-electron chi connectivity index (χ3n) is 4.43. The van der Waals surface area contributed by atoms with E-state index in [1.807, 2.05) is 65.0 Å². The minimum atomic E-state index is -0.248. The summed E-state index contributed by atoms with van der Waals surface area (Å²) in [5, 5.41) is 2.91. The lowest BCUT2D eigenvalue weighted by Gasteiger charge is -2.19. The highest BCUT2D eigenvalue weighted by molar-refractivity contribution is 5.95. The van der Waals surface area contributed by atoms with Crippen LogP contribution in [0.2, 0.25) is 0 Å². The van der Waals surface area contributed by atoms with Gasteiger partial charge in [0.25, 0.3) is 5.91 Å². The molecule has 0 fully saturated rings. The molecule has 0 atom stereocenters. The van der Waals surface area contributed by atoms with Crippen molar-refractivity contribution in [3.8, 4) is 5.75 Å². The Labute approximate surface area is 161 Å². The zero-order chi connectivity index (χ0) is 20.1. The van der Waals surface area contributed by atoms with E-state index in [2.05, 4.69) is 5.32 Å². The van der Waals surface area contributed by atoms with Crippen molar-refractivity contribution in [1.82, 2.24) is 4.90 Å². The lowest BCUT2D eigenvalue weighted by molar-refractivity contribution is -0.135. The predicted octanol–water partition coefficient (Wildman–Crippen LogP) is 3.70. The number of likely N-dealkylation sites (N-methyl/N-ethyl adjacent to an activating group) is 1. The Kier molecular flexibility index (Phi) is 6.61. The maximum Gasteiger partial charge on any atom is 0.260 e. The molecular weight excluding hydrogens is 340 g/mol. The van der Waals surface area contributed by atoms with E-state index in [1.54, 1.807) is 7.05 Å². The number of anilines is 1. The van der Waals surface area contributed by atoms with E-state index in [9.17, 15) is 9.59 Å². The molecule has 0 saturated heterocycles. The molecule has 0 aliphatic heterocycles. The number of hydrogen-bond acceptors (Lipinski definition) is 3. The smallest absolute Gasteiger partial charge is 0.260 e. The maximum absolute atomic E-state index is 12.3. The fourth-order valence-electron chi connectivity index (χ4n) is 3.07. The molecule has 144 valence electrons. The molecule has 0 heterocycles. The molecule has 0 unspecified atom stereocenters. The molecule has 2 rings (SSSR count). The molecule has 0 spiro atoms. The monoisotopic (exact) mass is 368 g/mol. The van der Waals surface area contributed by atoms with Gasteiger partial charge in [-0.3, -0.25) is 9.59 Å². The summed E-state index contributed by atoms with van der Waals surface area (Å²) in [7, 11) is 1.60. The van der Waals surface area contributed by atoms with Crippen LogP contribution in [0.4, 0.5) is 5.69 Å². The van der Waals surface area contributed by atoms with Crippen LogP contribution in [0.15, 0.2) is 30.3 Å². The number of nitrogens with one attached hydrogen (secondary N) is 1. The van der Waals surface area contributed by atoms with Gasteiger partial charge in [0.1, 0.15) is 5.75 Å². The summed E-state index contributed by atoms with van der Waals surface area (Å²) in [6.45, 7) is 9.76. The maximum atomic E-state index is 12.3. The van der Waals surface area contributed by atoms with E-state index in [-0.39, 0.29) is 25.0 Å². The van der Waals surface area contributed by atoms with Crippen LogP contribution in [-0.4, -0.2) is 36.9 Å². The molecule has 0 saturated carbocycles. The summed E-state index contributed by atoms with van der Waals surface area (Å²) in [6, 6.07) is 9.84. The first-order valence-corrected chi connectivity index (χ1v) is 8.99. The minimum absolute atomic E-state index is 0.0260. The van der Waals surface area contributed by atoms with E-state index in [0.717, 1.165) is 33.5 Å². The van der Waals surface area contributed by atoms with Gasteiger partial charge < -0.3 is 15.0 Å². The van der Waals surface area contributed by atoms with Crippen molar-refractivity contribution >= 4 is 17.5 Å². The van der Waals surface area contributed by atoms with Gasteiger partial charge in [0, 0.05) is 12.7 Å². The van der Waals surface area contributed by atoms with Crippen LogP contribution in [0.3, 0.4) is 0 Å². The number of amides is 2. The topological polar surface area (TPSA) is 58.6 Å². The largest absolute Gasteiger partial charge is 0.484 e. The summed E-state index contributed by atoms with van der Waals surface area (Å²) < 4.78 is 5.60. The number of aryl methyl sites for hydroxylation is 5. The zero-order valence-electron chi connectivity index (χ0n) is 17.0. The molecule has 0 bridgehead atoms. The molecule has 5 nitrogen and oxygen atoms in total. The van der Waals surface area contributed by atoms with Crippen molar-refractivity contribution in [2.75, 3.05) is 25.5 Å². The highest BCUT2D eigenvalue weighted by Gasteiger charge is 2.15. The van der Waals surface area contributed by atoms with Gasteiger partial charge in [-0.1, -0.05) is 35.4 Å². The molecule has 2 aromatic carbocycles. The number of nitrogens with zero attached hydrogens (tertiary/aromatic N) is 1. The molecule has 0 aliphatic carbocycles. The van der Waals surface area contributed by atoms with Gasteiger partial charge >= 0.3 is 0 Å². The summed E-state index contributed by atoms with van der Waals surface area (Å²) >= 11 is 0. The first-order chi connectivity index (χ1) is 12.7. The second-order valence-electron chi connectivity index (χ2n) is 7.13. The average molecular weight is 368 g/mol. The number of ether oxygens (including phenoxy) is 1. The average Bonchev–Trinajstić information content (AvgIpc) is 2.57. The number of carbonyl (C=O) groups excluding carboxylic acids is 2. The first-order valence-electron chi connectivity index (χ1n) is 8.99. The SMILES string of the molecule is Cc1ccc(OCC(=O)N(C)CC(=O)Nc2c(C)cc(C)cc2C)c(C)c1. The Hall–Kier alpha value is -2.82. The third-order valence-corrected chi connectivity index (χ3v) is 4.43. The molecule has 2 amide bonds. The predicted molar refractivity (Wildman–Crippen MR) is 108 cm³/mol. The van der Waals surface area contributed by atoms with Gasteiger partial charge in [-0.05, 0) is 57.4 Å². The van der Waals surface area contributed by atoms with Gasteiger partial charge in [-0.15, -0.1) is 0 Å². The second kappa shape index (κ2) is 8.71. The molecule has 0 aliphatic rings. The fourth-order valence-corrected chi connectivity index (χ4v) is 3.07. The molecule has 0 radical (unpaired) electrons. The van der Waals surface area contributed by atoms with Crippen LogP contribution >= 0.6 is 0 Å². The number of carbonyl (C=O) groups is 2. The molecule has 2 aromatic rings. The van der Waals surface area contributed by atoms with Gasteiger partial charge in [0.05, 0.1) is 6.54 Å². The Bertz CT molecular complexity index is 836. The highest BCUT2D eigenvalue weighted by atomic mass is 16.5. The highest BCUT2D eigenvalue weighted by Crippen LogP contribution is 2.22. The van der Waals surface area contributed by atoms with Crippen molar-refractivity contribution < 1.29 is 14.3 Å². The van der Waals surface area contributed by atoms with Crippen LogP contribution in [0, 0.1) is 34.6 Å². The molecular formula is C22H28N2O3. The van der Waals surface area contributed by atoms with Gasteiger partial charge in [-0.2, -0.15) is 0 Å². The van der Waals surface area contributed by atoms with Crippen molar-refractivity contribution in [3.05, 3.63) is 58.1 Å². The van der Waals surface area contributed by atoms with Crippen molar-refractivity contribution in [2.24, 2.45) is 0 Å². The number of rotatable bonds is 6. The normalized spacial score (nSPS) is 10.4. The van der Waals surface area contributed by atoms with Crippen molar-refractivity contribution in [1.29, 1.82) is 0 Å². The van der Waals surface area contributed by atoms with Crippen LogP contribution in [0.5, 0.6) is 5.75 Å². The Morgan fingerprint density at radius 3 is 2.11 bits per heavy atom. The zero-order valence-corrected chi connectivity index (χ0v) is 17.0. The van der Waals surface area contributed by atoms with Crippen LogP contribution in [0.25, 0.3) is 0 Å². The molecule has 27 heavy (non-hydrogen) atoms. The summed E-state index contributed by atoms with van der Waals surface area (Å²) in [6.07, 6.45) is 0. The van der Waals surface area contributed by atoms with Gasteiger partial charge in [0.2, 0.25) is 5.91 Å². The quantitative estimate of drug-likeness (QED) is 0.846. The summed E-state index contributed by atoms with van der Waals surface area (Å²) in [4.78, 5) is 26.0. The Balaban J connectivity index is 1.91. The number of benzene rings is 2. The lowest BCUT2D eigenvalue weighted by Crippen LogP contribution is -2.37. The lowest BCUT2D eigenvalue weighted by atomic mass is 10.1. The van der Waals surface area contributed by atoms with E-state index >= 15 is 0 Å². The molecule has 1 N–H and O–H groups in total. The van der Waals surface area contributed by atoms with Crippen molar-refractivity contribution in [3.63, 3.8) is 0 Å². The fraction of sp³-hybridized carbons (Fsp3) is 0.364. The Morgan fingerprint density at radius 2 is 1.52 bits per heavy atom. The van der Waals surface area contributed by atoms with E-state index in [4.69, 9.17) is 4.74 Å². The standard InChI is InChI=1S/C22H28N2O3/c1-14-7-8-19(16(3)9-14)27-13-21(26)24(6)12-20(25)23-22-17(4)10-15(2)11-18(22)5/h7-11H,12-13H2,1-6H3,(H,23,25). The summed E-state index contributed by atoms with van der Waals surface area (Å²) in [5.41, 5.74) is 6.09. The van der Waals surface area contributed by atoms with Gasteiger partial charge in [-0.25, -0.2) is 0 Å². The molecule has 5 heteroatoms. The Morgan fingerprint density at radius 1 is 0.926 bits per heavy atom. The summed E-state index contributed by atoms with van der Waals surface area (Å²) in [5.74, 6) is 0.201. The second-order valence-corrected chi connectivity index (χ2v) is 7.13. The molecule has 0 aromatic heterocycles. The van der Waals surface area contributed by atoms with Crippen LogP contribution in [-0.2, 0) is 9.59 Å². The van der Waals surface area contributed by atoms with E-state index in [1.165, 1.54) is 4.90 Å². The van der Waals surface area contributed by atoms with E-state index < -0.39 is 0 Å². The van der Waals surface area contributed by atoms with Crippen molar-refractivity contribution in [2.45, 2.75) is 34.6 Å². The van der Waals surface area contributed by atoms with Gasteiger partial charge in [0.15, 0.2) is 6.61 Å². The first kappa shape index (κ1) is 20.5. The minimum Gasteiger partial charge on any atom is -0.484 e. The van der Waals surface area contributed by atoms with Crippen LogP contribution < -0.4 is 10.1 Å². The van der Waals surface area contributed by atoms with Crippen LogP contribution in [0.1, 0.15) is 27.8 Å². The number of hydrogen-bond donors (Lipinski definition) is 1. The third kappa shape index (κ3) is 5.58. The van der Waals surface area contributed by atoms with E-state index in [0.29, 0.717) is 5.75 Å².